The summed E-state index contributed by atoms with van der Waals surface area (Å²) in [6.07, 6.45) is 2.09. The van der Waals surface area contributed by atoms with Gasteiger partial charge in [0.05, 0.1) is 6.10 Å². The van der Waals surface area contributed by atoms with Crippen LogP contribution in [0.5, 0.6) is 5.88 Å². The van der Waals surface area contributed by atoms with E-state index < -0.39 is 0 Å². The van der Waals surface area contributed by atoms with Crippen molar-refractivity contribution in [3.63, 3.8) is 0 Å². The molecule has 0 N–H and O–H groups in total. The van der Waals surface area contributed by atoms with Crippen LogP contribution in [0.4, 0.5) is 0 Å². The molecule has 2 nitrogen and oxygen atoms in total. The summed E-state index contributed by atoms with van der Waals surface area (Å²) in [5, 5.41) is 0. The third kappa shape index (κ3) is 3.71. The third-order valence-corrected chi connectivity index (χ3v) is 2.64. The fourth-order valence-corrected chi connectivity index (χ4v) is 1.38. The van der Waals surface area contributed by atoms with Gasteiger partial charge >= 0.3 is 0 Å². The summed E-state index contributed by atoms with van der Waals surface area (Å²) in [6.45, 7) is 6.21. The first-order chi connectivity index (χ1) is 7.19. The molecule has 15 heavy (non-hydrogen) atoms. The normalized spacial score (nSPS) is 12.5. The Morgan fingerprint density at radius 2 is 2.13 bits per heavy atom. The fraction of sp³-hybridized carbons (Fsp3) is 0.583. The van der Waals surface area contributed by atoms with Crippen molar-refractivity contribution < 1.29 is 4.74 Å². The molecule has 1 unspecified atom stereocenters. The van der Waals surface area contributed by atoms with Crippen LogP contribution in [0.25, 0.3) is 0 Å². The number of aromatic nitrogens is 1. The second kappa shape index (κ2) is 5.96. The Hall–Kier alpha value is -0.760. The highest BCUT2D eigenvalue weighted by atomic mass is 35.5. The number of alkyl halides is 1. The van der Waals surface area contributed by atoms with Gasteiger partial charge in [-0.1, -0.05) is 13.8 Å². The Bertz CT molecular complexity index is 292. The van der Waals surface area contributed by atoms with Crippen LogP contribution in [0.1, 0.15) is 38.4 Å². The molecule has 84 valence electrons. The van der Waals surface area contributed by atoms with Crippen molar-refractivity contribution >= 4 is 11.6 Å². The third-order valence-electron chi connectivity index (χ3n) is 2.33. The first-order valence-corrected chi connectivity index (χ1v) is 5.95. The monoisotopic (exact) mass is 227 g/mol. The summed E-state index contributed by atoms with van der Waals surface area (Å²) in [5.74, 6) is 1.20. The Kier molecular flexibility index (Phi) is 4.89. The maximum Gasteiger partial charge on any atom is 0.214 e. The summed E-state index contributed by atoms with van der Waals surface area (Å²) >= 11 is 5.81. The average molecular weight is 228 g/mol. The number of aryl methyl sites for hydroxylation is 1. The number of hydrogen-bond donors (Lipinski definition) is 0. The van der Waals surface area contributed by atoms with Crippen molar-refractivity contribution in [1.82, 2.24) is 4.98 Å². The van der Waals surface area contributed by atoms with Gasteiger partial charge in [-0.2, -0.15) is 0 Å². The molecule has 0 radical (unpaired) electrons. The van der Waals surface area contributed by atoms with E-state index in [-0.39, 0.29) is 6.10 Å². The zero-order chi connectivity index (χ0) is 11.3. The van der Waals surface area contributed by atoms with Crippen LogP contribution in [0.15, 0.2) is 12.1 Å². The number of nitrogens with zero attached hydrogens (tertiary/aromatic N) is 1. The molecular formula is C12H18ClNO. The van der Waals surface area contributed by atoms with Gasteiger partial charge in [0, 0.05) is 17.6 Å². The smallest absolute Gasteiger partial charge is 0.214 e. The van der Waals surface area contributed by atoms with Gasteiger partial charge in [0.1, 0.15) is 0 Å². The molecule has 1 rings (SSSR count). The van der Waals surface area contributed by atoms with Gasteiger partial charge in [-0.25, -0.2) is 4.98 Å². The van der Waals surface area contributed by atoms with E-state index in [0.717, 1.165) is 24.1 Å². The van der Waals surface area contributed by atoms with E-state index in [0.29, 0.717) is 11.8 Å². The van der Waals surface area contributed by atoms with Crippen molar-refractivity contribution in [2.24, 2.45) is 0 Å². The lowest BCUT2D eigenvalue weighted by molar-refractivity contribution is 0.208. The van der Waals surface area contributed by atoms with Crippen LogP contribution in [-0.2, 0) is 12.3 Å². The first-order valence-electron chi connectivity index (χ1n) is 5.42. The molecule has 0 fully saturated rings. The molecule has 0 aromatic carbocycles. The summed E-state index contributed by atoms with van der Waals surface area (Å²) in [4.78, 5) is 4.41. The molecule has 1 heterocycles. The zero-order valence-corrected chi connectivity index (χ0v) is 10.3. The number of ether oxygens (including phenoxy) is 1. The maximum atomic E-state index is 5.81. The summed E-state index contributed by atoms with van der Waals surface area (Å²) in [6, 6.07) is 3.94. The van der Waals surface area contributed by atoms with Gasteiger partial charge in [-0.05, 0) is 31.4 Å². The Morgan fingerprint density at radius 1 is 1.40 bits per heavy atom. The lowest BCUT2D eigenvalue weighted by atomic mass is 10.2. The van der Waals surface area contributed by atoms with Gasteiger partial charge in [-0.3, -0.25) is 0 Å². The van der Waals surface area contributed by atoms with Crippen LogP contribution in [0.3, 0.4) is 0 Å². The van der Waals surface area contributed by atoms with Crippen LogP contribution >= 0.6 is 11.6 Å². The summed E-state index contributed by atoms with van der Waals surface area (Å²) in [7, 11) is 0. The number of rotatable bonds is 5. The molecular weight excluding hydrogens is 210 g/mol. The molecule has 1 aromatic rings. The summed E-state index contributed by atoms with van der Waals surface area (Å²) in [5.41, 5.74) is 2.10. The second-order valence-electron chi connectivity index (χ2n) is 3.63. The number of halogens is 1. The summed E-state index contributed by atoms with van der Waals surface area (Å²) < 4.78 is 5.68. The van der Waals surface area contributed by atoms with E-state index in [1.165, 1.54) is 0 Å². The standard InChI is InChI=1S/C12H18ClNO/c1-4-9(3)15-12-7-10(8-13)6-11(5-2)14-12/h6-7,9H,4-5,8H2,1-3H3. The molecule has 1 aromatic heterocycles. The molecule has 0 aliphatic carbocycles. The van der Waals surface area contributed by atoms with Crippen molar-refractivity contribution in [2.45, 2.75) is 45.6 Å². The number of hydrogen-bond acceptors (Lipinski definition) is 2. The van der Waals surface area contributed by atoms with Crippen LogP contribution in [0.2, 0.25) is 0 Å². The molecule has 0 bridgehead atoms. The molecule has 0 saturated carbocycles. The van der Waals surface area contributed by atoms with Gasteiger partial charge in [-0.15, -0.1) is 11.6 Å². The Balaban J connectivity index is 2.86. The van der Waals surface area contributed by atoms with Crippen molar-refractivity contribution in [2.75, 3.05) is 0 Å². The van der Waals surface area contributed by atoms with Gasteiger partial charge in [0.2, 0.25) is 5.88 Å². The van der Waals surface area contributed by atoms with Crippen molar-refractivity contribution in [3.8, 4) is 5.88 Å². The second-order valence-corrected chi connectivity index (χ2v) is 3.90. The highest BCUT2D eigenvalue weighted by molar-refractivity contribution is 6.17. The van der Waals surface area contributed by atoms with E-state index in [4.69, 9.17) is 16.3 Å². The lowest BCUT2D eigenvalue weighted by Gasteiger charge is -2.13. The average Bonchev–Trinajstić information content (AvgIpc) is 2.28. The first kappa shape index (κ1) is 12.3. The van der Waals surface area contributed by atoms with E-state index in [2.05, 4.69) is 18.8 Å². The molecule has 0 aliphatic rings. The minimum absolute atomic E-state index is 0.202. The number of pyridine rings is 1. The largest absolute Gasteiger partial charge is 0.475 e. The quantitative estimate of drug-likeness (QED) is 0.718. The zero-order valence-electron chi connectivity index (χ0n) is 9.59. The van der Waals surface area contributed by atoms with Crippen LogP contribution in [0, 0.1) is 0 Å². The highest BCUT2D eigenvalue weighted by Crippen LogP contribution is 2.16. The predicted molar refractivity (Wildman–Crippen MR) is 63.6 cm³/mol. The molecule has 1 atom stereocenters. The Labute approximate surface area is 96.6 Å². The van der Waals surface area contributed by atoms with E-state index in [9.17, 15) is 0 Å². The lowest BCUT2D eigenvalue weighted by Crippen LogP contribution is -2.11. The van der Waals surface area contributed by atoms with E-state index in [1.54, 1.807) is 0 Å². The topological polar surface area (TPSA) is 22.1 Å². The molecule has 0 amide bonds. The minimum atomic E-state index is 0.202. The highest BCUT2D eigenvalue weighted by Gasteiger charge is 2.05. The minimum Gasteiger partial charge on any atom is -0.475 e. The Morgan fingerprint density at radius 3 is 2.67 bits per heavy atom. The van der Waals surface area contributed by atoms with Gasteiger partial charge in [0.15, 0.2) is 0 Å². The molecule has 3 heteroatoms. The van der Waals surface area contributed by atoms with Gasteiger partial charge in [0.25, 0.3) is 0 Å². The molecule has 0 aliphatic heterocycles. The maximum absolute atomic E-state index is 5.81. The molecule has 0 saturated heterocycles. The van der Waals surface area contributed by atoms with Crippen molar-refractivity contribution in [1.29, 1.82) is 0 Å². The van der Waals surface area contributed by atoms with E-state index in [1.807, 2.05) is 19.1 Å². The molecule has 0 spiro atoms. The van der Waals surface area contributed by atoms with Crippen molar-refractivity contribution in [3.05, 3.63) is 23.4 Å². The fourth-order valence-electron chi connectivity index (χ4n) is 1.23. The van der Waals surface area contributed by atoms with E-state index >= 15 is 0 Å². The van der Waals surface area contributed by atoms with Crippen LogP contribution < -0.4 is 4.74 Å². The predicted octanol–water partition coefficient (Wildman–Crippen LogP) is 3.56. The SMILES string of the molecule is CCc1cc(CCl)cc(OC(C)CC)n1. The van der Waals surface area contributed by atoms with Crippen LogP contribution in [-0.4, -0.2) is 11.1 Å². The van der Waals surface area contributed by atoms with Gasteiger partial charge < -0.3 is 4.74 Å².